The van der Waals surface area contributed by atoms with Crippen LogP contribution < -0.4 is 10.6 Å². The second kappa shape index (κ2) is 5.88. The Morgan fingerprint density at radius 3 is 2.64 bits per heavy atom. The van der Waals surface area contributed by atoms with Crippen molar-refractivity contribution in [1.29, 1.82) is 0 Å². The van der Waals surface area contributed by atoms with Gasteiger partial charge < -0.3 is 15.5 Å². The van der Waals surface area contributed by atoms with E-state index in [0.717, 1.165) is 24.6 Å². The van der Waals surface area contributed by atoms with E-state index >= 15 is 0 Å². The molecule has 8 nitrogen and oxygen atoms in total. The van der Waals surface area contributed by atoms with Crippen LogP contribution in [0.2, 0.25) is 0 Å². The van der Waals surface area contributed by atoms with Crippen molar-refractivity contribution in [3.63, 3.8) is 0 Å². The van der Waals surface area contributed by atoms with E-state index in [1.54, 1.807) is 10.8 Å². The molecule has 0 spiro atoms. The van der Waals surface area contributed by atoms with E-state index in [9.17, 15) is 4.79 Å². The third-order valence-electron chi connectivity index (χ3n) is 4.07. The van der Waals surface area contributed by atoms with Crippen LogP contribution in [0.25, 0.3) is 5.65 Å². The standard InChI is InChI=1S/C14H21N7O/c1-10(2)13(15)14(22)20-7-5-19(6-8-20)12-4-3-11-17-16-9-21(11)18-12/h3-4,9-10,13H,5-8,15H2,1-2H3/t13-/m0/s1. The molecule has 1 fully saturated rings. The van der Waals surface area contributed by atoms with E-state index < -0.39 is 6.04 Å². The van der Waals surface area contributed by atoms with E-state index in [4.69, 9.17) is 5.73 Å². The summed E-state index contributed by atoms with van der Waals surface area (Å²) < 4.78 is 1.65. The molecule has 2 aromatic rings. The molecule has 0 aliphatic carbocycles. The fourth-order valence-electron chi connectivity index (χ4n) is 2.54. The Labute approximate surface area is 128 Å². The highest BCUT2D eigenvalue weighted by atomic mass is 16.2. The summed E-state index contributed by atoms with van der Waals surface area (Å²) in [7, 11) is 0. The van der Waals surface area contributed by atoms with E-state index in [1.807, 2.05) is 30.9 Å². The number of piperazine rings is 1. The maximum Gasteiger partial charge on any atom is 0.239 e. The molecule has 1 amide bonds. The predicted molar refractivity (Wildman–Crippen MR) is 82.4 cm³/mol. The van der Waals surface area contributed by atoms with Crippen LogP contribution in [0.3, 0.4) is 0 Å². The fraction of sp³-hybridized carbons (Fsp3) is 0.571. The number of hydrogen-bond acceptors (Lipinski definition) is 6. The first-order chi connectivity index (χ1) is 10.6. The van der Waals surface area contributed by atoms with Crippen LogP contribution in [0.4, 0.5) is 5.82 Å². The van der Waals surface area contributed by atoms with Gasteiger partial charge in [0.05, 0.1) is 6.04 Å². The molecule has 1 aliphatic rings. The molecule has 0 saturated carbocycles. The molecule has 22 heavy (non-hydrogen) atoms. The van der Waals surface area contributed by atoms with Crippen LogP contribution in [0, 0.1) is 5.92 Å². The molecule has 2 N–H and O–H groups in total. The smallest absolute Gasteiger partial charge is 0.239 e. The maximum absolute atomic E-state index is 12.3. The van der Waals surface area contributed by atoms with Gasteiger partial charge in [-0.15, -0.1) is 15.3 Å². The van der Waals surface area contributed by atoms with Crippen molar-refractivity contribution >= 4 is 17.4 Å². The van der Waals surface area contributed by atoms with Gasteiger partial charge in [-0.2, -0.15) is 4.52 Å². The van der Waals surface area contributed by atoms with E-state index in [2.05, 4.69) is 20.2 Å². The third kappa shape index (κ3) is 2.74. The van der Waals surface area contributed by atoms with Gasteiger partial charge in [0, 0.05) is 26.2 Å². The van der Waals surface area contributed by atoms with Gasteiger partial charge in [-0.1, -0.05) is 13.8 Å². The zero-order valence-electron chi connectivity index (χ0n) is 12.9. The predicted octanol–water partition coefficient (Wildman–Crippen LogP) is -0.244. The second-order valence-electron chi connectivity index (χ2n) is 5.91. The number of hydrogen-bond donors (Lipinski definition) is 1. The van der Waals surface area contributed by atoms with Crippen molar-refractivity contribution in [2.24, 2.45) is 11.7 Å². The van der Waals surface area contributed by atoms with Crippen LogP contribution in [0.1, 0.15) is 13.8 Å². The van der Waals surface area contributed by atoms with Crippen LogP contribution in [-0.4, -0.2) is 62.8 Å². The first-order valence-corrected chi connectivity index (χ1v) is 7.52. The van der Waals surface area contributed by atoms with Crippen LogP contribution in [-0.2, 0) is 4.79 Å². The molecule has 8 heteroatoms. The lowest BCUT2D eigenvalue weighted by molar-refractivity contribution is -0.133. The Bertz CT molecular complexity index is 660. The number of carbonyl (C=O) groups is 1. The van der Waals surface area contributed by atoms with Crippen molar-refractivity contribution in [3.8, 4) is 0 Å². The summed E-state index contributed by atoms with van der Waals surface area (Å²) >= 11 is 0. The molecule has 1 aliphatic heterocycles. The lowest BCUT2D eigenvalue weighted by Crippen LogP contribution is -2.54. The first-order valence-electron chi connectivity index (χ1n) is 7.52. The van der Waals surface area contributed by atoms with Gasteiger partial charge in [0.25, 0.3) is 0 Å². The fourth-order valence-corrected chi connectivity index (χ4v) is 2.54. The topological polar surface area (TPSA) is 92.7 Å². The largest absolute Gasteiger partial charge is 0.352 e. The average Bonchev–Trinajstić information content (AvgIpc) is 3.01. The molecule has 3 heterocycles. The quantitative estimate of drug-likeness (QED) is 0.841. The number of fused-ring (bicyclic) bond motifs is 1. The Morgan fingerprint density at radius 2 is 1.95 bits per heavy atom. The van der Waals surface area contributed by atoms with Crippen LogP contribution >= 0.6 is 0 Å². The lowest BCUT2D eigenvalue weighted by atomic mass is 10.0. The minimum Gasteiger partial charge on any atom is -0.352 e. The number of rotatable bonds is 3. The SMILES string of the molecule is CC(C)[C@H](N)C(=O)N1CCN(c2ccc3nncn3n2)CC1. The van der Waals surface area contributed by atoms with E-state index in [1.165, 1.54) is 0 Å². The normalized spacial score (nSPS) is 17.3. The summed E-state index contributed by atoms with van der Waals surface area (Å²) in [5.41, 5.74) is 6.68. The molecule has 2 aromatic heterocycles. The number of amides is 1. The number of nitrogens with zero attached hydrogens (tertiary/aromatic N) is 6. The van der Waals surface area contributed by atoms with E-state index in [0.29, 0.717) is 13.1 Å². The van der Waals surface area contributed by atoms with Gasteiger partial charge in [-0.25, -0.2) is 0 Å². The Morgan fingerprint density at radius 1 is 1.23 bits per heavy atom. The summed E-state index contributed by atoms with van der Waals surface area (Å²) in [6, 6.07) is 3.40. The molecule has 0 radical (unpaired) electrons. The van der Waals surface area contributed by atoms with Crippen molar-refractivity contribution in [1.82, 2.24) is 24.7 Å². The maximum atomic E-state index is 12.3. The highest BCUT2D eigenvalue weighted by Crippen LogP contribution is 2.15. The minimum absolute atomic E-state index is 0.0388. The highest BCUT2D eigenvalue weighted by molar-refractivity contribution is 5.82. The Hall–Kier alpha value is -2.22. The summed E-state index contributed by atoms with van der Waals surface area (Å²) in [5.74, 6) is 1.06. The van der Waals surface area contributed by atoms with Gasteiger partial charge in [0.15, 0.2) is 5.65 Å². The number of aromatic nitrogens is 4. The Kier molecular flexibility index (Phi) is 3.93. The molecular weight excluding hydrogens is 282 g/mol. The minimum atomic E-state index is -0.418. The monoisotopic (exact) mass is 303 g/mol. The molecule has 0 aromatic carbocycles. The molecule has 0 unspecified atom stereocenters. The molecule has 3 rings (SSSR count). The van der Waals surface area contributed by atoms with Gasteiger partial charge in [-0.05, 0) is 18.1 Å². The van der Waals surface area contributed by atoms with Gasteiger partial charge in [0.2, 0.25) is 5.91 Å². The molecule has 118 valence electrons. The van der Waals surface area contributed by atoms with Gasteiger partial charge >= 0.3 is 0 Å². The summed E-state index contributed by atoms with van der Waals surface area (Å²) in [5, 5.41) is 12.2. The summed E-state index contributed by atoms with van der Waals surface area (Å²) in [6.07, 6.45) is 1.58. The molecule has 1 saturated heterocycles. The van der Waals surface area contributed by atoms with Crippen molar-refractivity contribution in [3.05, 3.63) is 18.5 Å². The average molecular weight is 303 g/mol. The number of carbonyl (C=O) groups excluding carboxylic acids is 1. The van der Waals surface area contributed by atoms with Crippen LogP contribution in [0.15, 0.2) is 18.5 Å². The second-order valence-corrected chi connectivity index (χ2v) is 5.91. The molecule has 1 atom stereocenters. The summed E-state index contributed by atoms with van der Waals surface area (Å²) in [6.45, 7) is 6.77. The van der Waals surface area contributed by atoms with E-state index in [-0.39, 0.29) is 11.8 Å². The van der Waals surface area contributed by atoms with Crippen LogP contribution in [0.5, 0.6) is 0 Å². The van der Waals surface area contributed by atoms with Crippen molar-refractivity contribution in [2.75, 3.05) is 31.1 Å². The van der Waals surface area contributed by atoms with Gasteiger partial charge in [0.1, 0.15) is 12.1 Å². The molecule has 0 bridgehead atoms. The Balaban J connectivity index is 1.65. The summed E-state index contributed by atoms with van der Waals surface area (Å²) in [4.78, 5) is 16.3. The van der Waals surface area contributed by atoms with Crippen molar-refractivity contribution in [2.45, 2.75) is 19.9 Å². The zero-order valence-corrected chi connectivity index (χ0v) is 12.9. The number of nitrogens with two attached hydrogens (primary N) is 1. The highest BCUT2D eigenvalue weighted by Gasteiger charge is 2.27. The third-order valence-corrected chi connectivity index (χ3v) is 4.07. The first kappa shape index (κ1) is 14.7. The lowest BCUT2D eigenvalue weighted by Gasteiger charge is -2.36. The zero-order chi connectivity index (χ0) is 15.7. The van der Waals surface area contributed by atoms with Gasteiger partial charge in [-0.3, -0.25) is 4.79 Å². The van der Waals surface area contributed by atoms with Crippen molar-refractivity contribution < 1.29 is 4.79 Å². The number of anilines is 1. The molecular formula is C14H21N7O.